The number of benzene rings is 2. The Bertz CT molecular complexity index is 714. The lowest BCUT2D eigenvalue weighted by molar-refractivity contribution is -0.133. The van der Waals surface area contributed by atoms with Crippen molar-refractivity contribution in [3.63, 3.8) is 0 Å². The molecule has 0 heterocycles. The highest BCUT2D eigenvalue weighted by Crippen LogP contribution is 2.20. The minimum atomic E-state index is -0.712. The predicted molar refractivity (Wildman–Crippen MR) is 89.3 cm³/mol. The van der Waals surface area contributed by atoms with Crippen molar-refractivity contribution in [2.75, 3.05) is 10.6 Å². The summed E-state index contributed by atoms with van der Waals surface area (Å²) < 4.78 is 0. The summed E-state index contributed by atoms with van der Waals surface area (Å²) >= 11 is 5.86. The lowest BCUT2D eigenvalue weighted by Crippen LogP contribution is -2.29. The molecule has 22 heavy (non-hydrogen) atoms. The molecule has 0 aromatic heterocycles. The first-order valence-corrected chi connectivity index (χ1v) is 7.35. The third-order valence-corrected chi connectivity index (χ3v) is 3.52. The van der Waals surface area contributed by atoms with Gasteiger partial charge in [-0.25, -0.2) is 0 Å². The number of carbonyl (C=O) groups is 2. The normalized spacial score (nSPS) is 10.1. The van der Waals surface area contributed by atoms with E-state index in [9.17, 15) is 9.59 Å². The Labute approximate surface area is 134 Å². The summed E-state index contributed by atoms with van der Waals surface area (Å²) in [7, 11) is 0. The lowest BCUT2D eigenvalue weighted by Gasteiger charge is -2.11. The number of hydrogen-bond donors (Lipinski definition) is 2. The highest BCUT2D eigenvalue weighted by molar-refractivity contribution is 6.43. The Balaban J connectivity index is 2.08. The van der Waals surface area contributed by atoms with Crippen LogP contribution in [0.1, 0.15) is 18.1 Å². The van der Waals surface area contributed by atoms with Gasteiger partial charge in [-0.1, -0.05) is 36.7 Å². The van der Waals surface area contributed by atoms with Gasteiger partial charge in [0.15, 0.2) is 0 Å². The number of aryl methyl sites for hydroxylation is 2. The van der Waals surface area contributed by atoms with Crippen LogP contribution in [-0.2, 0) is 16.0 Å². The minimum absolute atomic E-state index is 0.563. The van der Waals surface area contributed by atoms with Gasteiger partial charge in [0, 0.05) is 16.4 Å². The molecule has 2 aromatic rings. The maximum absolute atomic E-state index is 12.0. The number of nitrogens with one attached hydrogen (secondary N) is 2. The third-order valence-electron chi connectivity index (χ3n) is 3.29. The van der Waals surface area contributed by atoms with Crippen molar-refractivity contribution in [2.45, 2.75) is 20.3 Å². The zero-order valence-corrected chi connectivity index (χ0v) is 13.2. The molecule has 0 saturated carbocycles. The molecule has 2 rings (SSSR count). The van der Waals surface area contributed by atoms with Gasteiger partial charge in [0.25, 0.3) is 0 Å². The summed E-state index contributed by atoms with van der Waals surface area (Å²) in [6, 6.07) is 12.5. The molecule has 0 aliphatic carbocycles. The summed E-state index contributed by atoms with van der Waals surface area (Å²) in [6.45, 7) is 3.80. The van der Waals surface area contributed by atoms with Gasteiger partial charge in [-0.2, -0.15) is 0 Å². The van der Waals surface area contributed by atoms with E-state index in [4.69, 9.17) is 11.6 Å². The van der Waals surface area contributed by atoms with Gasteiger partial charge in [-0.15, -0.1) is 0 Å². The second-order valence-corrected chi connectivity index (χ2v) is 5.31. The zero-order chi connectivity index (χ0) is 16.1. The SMILES string of the molecule is CCc1ccccc1NC(=O)C(=O)Nc1ccc(Cl)cc1C. The van der Waals surface area contributed by atoms with E-state index in [2.05, 4.69) is 10.6 Å². The molecule has 0 aliphatic heterocycles. The molecule has 0 saturated heterocycles. The fourth-order valence-corrected chi connectivity index (χ4v) is 2.30. The summed E-state index contributed by atoms with van der Waals surface area (Å²) in [5, 5.41) is 5.80. The second-order valence-electron chi connectivity index (χ2n) is 4.88. The minimum Gasteiger partial charge on any atom is -0.318 e. The fraction of sp³-hybridized carbons (Fsp3) is 0.176. The average Bonchev–Trinajstić information content (AvgIpc) is 2.50. The molecular formula is C17H17ClN2O2. The highest BCUT2D eigenvalue weighted by atomic mass is 35.5. The highest BCUT2D eigenvalue weighted by Gasteiger charge is 2.16. The van der Waals surface area contributed by atoms with E-state index in [1.54, 1.807) is 24.3 Å². The number of halogens is 1. The van der Waals surface area contributed by atoms with E-state index in [-0.39, 0.29) is 0 Å². The molecule has 0 aliphatic rings. The van der Waals surface area contributed by atoms with Gasteiger partial charge < -0.3 is 10.6 Å². The van der Waals surface area contributed by atoms with Gasteiger partial charge in [0.2, 0.25) is 0 Å². The molecular weight excluding hydrogens is 300 g/mol. The van der Waals surface area contributed by atoms with Crippen LogP contribution in [0.25, 0.3) is 0 Å². The van der Waals surface area contributed by atoms with Crippen molar-refractivity contribution in [2.24, 2.45) is 0 Å². The molecule has 4 nitrogen and oxygen atoms in total. The Morgan fingerprint density at radius 2 is 1.64 bits per heavy atom. The number of amides is 2. The standard InChI is InChI=1S/C17H17ClN2O2/c1-3-12-6-4-5-7-15(12)20-17(22)16(21)19-14-9-8-13(18)10-11(14)2/h4-10H,3H2,1-2H3,(H,19,21)(H,20,22). The maximum atomic E-state index is 12.0. The third kappa shape index (κ3) is 3.86. The van der Waals surface area contributed by atoms with Crippen molar-refractivity contribution in [3.05, 3.63) is 58.6 Å². The molecule has 2 N–H and O–H groups in total. The van der Waals surface area contributed by atoms with Crippen LogP contribution in [-0.4, -0.2) is 11.8 Å². The van der Waals surface area contributed by atoms with Gasteiger partial charge in [-0.05, 0) is 48.7 Å². The Morgan fingerprint density at radius 1 is 1.00 bits per heavy atom. The molecule has 0 bridgehead atoms. The zero-order valence-electron chi connectivity index (χ0n) is 12.4. The van der Waals surface area contributed by atoms with E-state index in [0.717, 1.165) is 17.5 Å². The number of para-hydroxylation sites is 1. The molecule has 0 spiro atoms. The summed E-state index contributed by atoms with van der Waals surface area (Å²) in [6.07, 6.45) is 0.772. The van der Waals surface area contributed by atoms with Crippen LogP contribution >= 0.6 is 11.6 Å². The van der Waals surface area contributed by atoms with E-state index < -0.39 is 11.8 Å². The van der Waals surface area contributed by atoms with Crippen LogP contribution < -0.4 is 10.6 Å². The first-order chi connectivity index (χ1) is 10.5. The van der Waals surface area contributed by atoms with Crippen LogP contribution in [0.4, 0.5) is 11.4 Å². The van der Waals surface area contributed by atoms with Crippen LogP contribution in [0.2, 0.25) is 5.02 Å². The van der Waals surface area contributed by atoms with Gasteiger partial charge in [0.05, 0.1) is 0 Å². The maximum Gasteiger partial charge on any atom is 0.314 e. The van der Waals surface area contributed by atoms with E-state index in [0.29, 0.717) is 16.4 Å². The average molecular weight is 317 g/mol. The molecule has 0 fully saturated rings. The number of anilines is 2. The molecule has 2 aromatic carbocycles. The van der Waals surface area contributed by atoms with Gasteiger partial charge in [-0.3, -0.25) is 9.59 Å². The smallest absolute Gasteiger partial charge is 0.314 e. The number of hydrogen-bond acceptors (Lipinski definition) is 2. The van der Waals surface area contributed by atoms with Crippen molar-refractivity contribution in [1.82, 2.24) is 0 Å². The van der Waals surface area contributed by atoms with Gasteiger partial charge in [0.1, 0.15) is 0 Å². The molecule has 0 radical (unpaired) electrons. The molecule has 114 valence electrons. The van der Waals surface area contributed by atoms with Crippen LogP contribution in [0.3, 0.4) is 0 Å². The van der Waals surface area contributed by atoms with Crippen LogP contribution in [0.15, 0.2) is 42.5 Å². The van der Waals surface area contributed by atoms with Crippen molar-refractivity contribution < 1.29 is 9.59 Å². The van der Waals surface area contributed by atoms with Crippen molar-refractivity contribution >= 4 is 34.8 Å². The van der Waals surface area contributed by atoms with Crippen molar-refractivity contribution in [1.29, 1.82) is 0 Å². The van der Waals surface area contributed by atoms with Gasteiger partial charge >= 0.3 is 11.8 Å². The Hall–Kier alpha value is -2.33. The second kappa shape index (κ2) is 7.09. The van der Waals surface area contributed by atoms with Crippen LogP contribution in [0.5, 0.6) is 0 Å². The first-order valence-electron chi connectivity index (χ1n) is 6.97. The van der Waals surface area contributed by atoms with E-state index in [1.807, 2.05) is 32.0 Å². The first kappa shape index (κ1) is 16.0. The number of rotatable bonds is 3. The summed E-state index contributed by atoms with van der Waals surface area (Å²) in [5.74, 6) is -1.41. The topological polar surface area (TPSA) is 58.2 Å². The molecule has 5 heteroatoms. The van der Waals surface area contributed by atoms with E-state index >= 15 is 0 Å². The fourth-order valence-electron chi connectivity index (χ4n) is 2.08. The molecule has 2 amide bonds. The van der Waals surface area contributed by atoms with Crippen LogP contribution in [0, 0.1) is 6.92 Å². The van der Waals surface area contributed by atoms with E-state index in [1.165, 1.54) is 0 Å². The summed E-state index contributed by atoms with van der Waals surface area (Å²) in [5.41, 5.74) is 2.99. The summed E-state index contributed by atoms with van der Waals surface area (Å²) in [4.78, 5) is 24.0. The largest absolute Gasteiger partial charge is 0.318 e. The number of carbonyl (C=O) groups excluding carboxylic acids is 2. The van der Waals surface area contributed by atoms with Crippen molar-refractivity contribution in [3.8, 4) is 0 Å². The molecule has 0 atom stereocenters. The Morgan fingerprint density at radius 3 is 2.27 bits per heavy atom. The lowest BCUT2D eigenvalue weighted by atomic mass is 10.1. The molecule has 0 unspecified atom stereocenters. The predicted octanol–water partition coefficient (Wildman–Crippen LogP) is 3.79. The quantitative estimate of drug-likeness (QED) is 0.846. The Kier molecular flexibility index (Phi) is 5.17. The monoisotopic (exact) mass is 316 g/mol.